The van der Waals surface area contributed by atoms with Gasteiger partial charge in [0, 0.05) is 40.2 Å². The second kappa shape index (κ2) is 5.33. The number of hydrogen-bond donors (Lipinski definition) is 2. The number of aromatic hydroxyl groups is 1. The van der Waals surface area contributed by atoms with Crippen LogP contribution in [0.3, 0.4) is 0 Å². The third-order valence-corrected chi connectivity index (χ3v) is 5.01. The van der Waals surface area contributed by atoms with E-state index in [0.717, 1.165) is 39.5 Å². The molecule has 3 heterocycles. The fourth-order valence-electron chi connectivity index (χ4n) is 3.82. The van der Waals surface area contributed by atoms with E-state index in [4.69, 9.17) is 0 Å². The first-order valence-corrected chi connectivity index (χ1v) is 8.44. The van der Waals surface area contributed by atoms with Crippen molar-refractivity contribution in [2.24, 2.45) is 0 Å². The van der Waals surface area contributed by atoms with Crippen LogP contribution in [0, 0.1) is 12.7 Å². The van der Waals surface area contributed by atoms with Crippen LogP contribution in [0.5, 0.6) is 5.75 Å². The summed E-state index contributed by atoms with van der Waals surface area (Å²) in [5.74, 6) is -0.524. The molecular formula is C21H16FN3O. The minimum atomic E-state index is -0.441. The summed E-state index contributed by atoms with van der Waals surface area (Å²) in [4.78, 5) is 0. The van der Waals surface area contributed by atoms with Gasteiger partial charge in [-0.25, -0.2) is 8.91 Å². The van der Waals surface area contributed by atoms with Gasteiger partial charge in [0.2, 0.25) is 0 Å². The minimum Gasteiger partial charge on any atom is -0.508 e. The molecule has 2 aromatic carbocycles. The molecule has 1 unspecified atom stereocenters. The molecule has 1 aliphatic heterocycles. The molecule has 0 bridgehead atoms. The Morgan fingerprint density at radius 1 is 1.12 bits per heavy atom. The summed E-state index contributed by atoms with van der Waals surface area (Å²) in [7, 11) is 0. The average Bonchev–Trinajstić information content (AvgIpc) is 2.98. The summed E-state index contributed by atoms with van der Waals surface area (Å²) in [6.07, 6.45) is 3.75. The van der Waals surface area contributed by atoms with E-state index in [0.29, 0.717) is 5.56 Å². The molecule has 0 radical (unpaired) electrons. The average molecular weight is 345 g/mol. The van der Waals surface area contributed by atoms with E-state index < -0.39 is 5.82 Å². The van der Waals surface area contributed by atoms with E-state index in [-0.39, 0.29) is 11.8 Å². The maximum absolute atomic E-state index is 14.7. The molecule has 0 saturated carbocycles. The summed E-state index contributed by atoms with van der Waals surface area (Å²) >= 11 is 0. The van der Waals surface area contributed by atoms with Crippen molar-refractivity contribution in [1.82, 2.24) is 9.61 Å². The number of para-hydroxylation sites is 1. The van der Waals surface area contributed by atoms with Crippen molar-refractivity contribution in [2.45, 2.75) is 13.0 Å². The number of halogens is 1. The third kappa shape index (κ3) is 2.03. The zero-order valence-corrected chi connectivity index (χ0v) is 14.1. The summed E-state index contributed by atoms with van der Waals surface area (Å²) in [5.41, 5.74) is 6.59. The Morgan fingerprint density at radius 3 is 2.81 bits per heavy atom. The van der Waals surface area contributed by atoms with Crippen LogP contribution >= 0.6 is 0 Å². The van der Waals surface area contributed by atoms with Crippen molar-refractivity contribution in [1.29, 1.82) is 0 Å². The van der Waals surface area contributed by atoms with E-state index >= 15 is 0 Å². The molecule has 5 rings (SSSR count). The van der Waals surface area contributed by atoms with Gasteiger partial charge in [0.15, 0.2) is 0 Å². The van der Waals surface area contributed by atoms with Crippen molar-refractivity contribution in [3.63, 3.8) is 0 Å². The molecule has 4 aromatic rings. The number of nitrogens with zero attached hydrogens (tertiary/aromatic N) is 2. The summed E-state index contributed by atoms with van der Waals surface area (Å²) in [5, 5.41) is 17.6. The standard InChI is InChI=1S/C21H16FN3O/c1-12-11-23-25-9-8-16-20(14-7-6-13(26)10-17(14)22)24-18-5-3-2-4-15(18)19(12)21(16)25/h2-11,20,24,26H,1H3. The van der Waals surface area contributed by atoms with Crippen LogP contribution in [-0.4, -0.2) is 14.7 Å². The molecule has 2 N–H and O–H groups in total. The first-order chi connectivity index (χ1) is 12.6. The lowest BCUT2D eigenvalue weighted by Gasteiger charge is -2.20. The van der Waals surface area contributed by atoms with Gasteiger partial charge >= 0.3 is 0 Å². The highest BCUT2D eigenvalue weighted by molar-refractivity contribution is 5.93. The molecule has 1 atom stereocenters. The second-order valence-corrected chi connectivity index (χ2v) is 6.60. The monoisotopic (exact) mass is 345 g/mol. The zero-order chi connectivity index (χ0) is 17.8. The second-order valence-electron chi connectivity index (χ2n) is 6.60. The van der Waals surface area contributed by atoms with Crippen LogP contribution in [0.1, 0.15) is 22.7 Å². The number of hydrogen-bond acceptors (Lipinski definition) is 3. The predicted octanol–water partition coefficient (Wildman–Crippen LogP) is 4.67. The van der Waals surface area contributed by atoms with E-state index in [1.165, 1.54) is 6.07 Å². The van der Waals surface area contributed by atoms with Crippen LogP contribution < -0.4 is 5.32 Å². The van der Waals surface area contributed by atoms with Crippen molar-refractivity contribution < 1.29 is 9.50 Å². The SMILES string of the molecule is Cc1cnn2ccc3c2c1-c1ccccc1NC3c1ccc(O)cc1F. The predicted molar refractivity (Wildman–Crippen MR) is 98.9 cm³/mol. The maximum Gasteiger partial charge on any atom is 0.132 e. The molecule has 128 valence electrons. The Kier molecular flexibility index (Phi) is 3.06. The highest BCUT2D eigenvalue weighted by Crippen LogP contribution is 2.43. The summed E-state index contributed by atoms with van der Waals surface area (Å²) < 4.78 is 16.5. The molecule has 26 heavy (non-hydrogen) atoms. The van der Waals surface area contributed by atoms with Crippen LogP contribution in [0.25, 0.3) is 16.6 Å². The topological polar surface area (TPSA) is 49.6 Å². The normalized spacial score (nSPS) is 15.4. The molecule has 0 aliphatic carbocycles. The van der Waals surface area contributed by atoms with Gasteiger partial charge in [0.25, 0.3) is 0 Å². The van der Waals surface area contributed by atoms with Gasteiger partial charge in [-0.05, 0) is 30.7 Å². The molecule has 1 aliphatic rings. The van der Waals surface area contributed by atoms with E-state index in [9.17, 15) is 9.50 Å². The minimum absolute atomic E-state index is 0.0831. The highest BCUT2D eigenvalue weighted by atomic mass is 19.1. The van der Waals surface area contributed by atoms with Crippen molar-refractivity contribution in [3.8, 4) is 16.9 Å². The fraction of sp³-hybridized carbons (Fsp3) is 0.0952. The maximum atomic E-state index is 14.7. The molecule has 0 spiro atoms. The van der Waals surface area contributed by atoms with Crippen molar-refractivity contribution >= 4 is 11.2 Å². The third-order valence-electron chi connectivity index (χ3n) is 5.01. The van der Waals surface area contributed by atoms with Crippen molar-refractivity contribution in [3.05, 3.63) is 83.4 Å². The summed E-state index contributed by atoms with van der Waals surface area (Å²) in [6.45, 7) is 2.04. The van der Waals surface area contributed by atoms with Crippen LogP contribution in [0.2, 0.25) is 0 Å². The largest absolute Gasteiger partial charge is 0.508 e. The van der Waals surface area contributed by atoms with Gasteiger partial charge in [-0.3, -0.25) is 0 Å². The number of phenolic OH excluding ortho intramolecular Hbond substituents is 1. The fourth-order valence-corrected chi connectivity index (χ4v) is 3.82. The summed E-state index contributed by atoms with van der Waals surface area (Å²) in [6, 6.07) is 13.9. The number of fused-ring (bicyclic) bond motifs is 2. The van der Waals surface area contributed by atoms with Crippen LogP contribution in [0.15, 0.2) is 60.9 Å². The number of aromatic nitrogens is 2. The zero-order valence-electron chi connectivity index (χ0n) is 14.1. The number of benzene rings is 2. The smallest absolute Gasteiger partial charge is 0.132 e. The number of phenols is 1. The Bertz CT molecular complexity index is 1170. The van der Waals surface area contributed by atoms with Crippen molar-refractivity contribution in [2.75, 3.05) is 5.32 Å². The molecule has 0 saturated heterocycles. The van der Waals surface area contributed by atoms with E-state index in [2.05, 4.69) is 16.5 Å². The highest BCUT2D eigenvalue weighted by Gasteiger charge is 2.28. The van der Waals surface area contributed by atoms with Gasteiger partial charge < -0.3 is 10.4 Å². The number of anilines is 1. The first kappa shape index (κ1) is 15.0. The molecular weight excluding hydrogens is 329 g/mol. The lowest BCUT2D eigenvalue weighted by atomic mass is 9.97. The molecule has 0 fully saturated rings. The lowest BCUT2D eigenvalue weighted by Crippen LogP contribution is -2.13. The Balaban J connectivity index is 1.87. The molecule has 4 nitrogen and oxygen atoms in total. The molecule has 5 heteroatoms. The van der Waals surface area contributed by atoms with Gasteiger partial charge in [0.05, 0.1) is 17.8 Å². The molecule has 2 aromatic heterocycles. The van der Waals surface area contributed by atoms with Gasteiger partial charge in [-0.1, -0.05) is 24.3 Å². The Hall–Kier alpha value is -3.34. The quantitative estimate of drug-likeness (QED) is 0.527. The first-order valence-electron chi connectivity index (χ1n) is 8.44. The number of aryl methyl sites for hydroxylation is 1. The number of nitrogens with one attached hydrogen (secondary N) is 1. The Morgan fingerprint density at radius 2 is 1.96 bits per heavy atom. The van der Waals surface area contributed by atoms with Crippen LogP contribution in [-0.2, 0) is 0 Å². The van der Waals surface area contributed by atoms with E-state index in [1.54, 1.807) is 6.07 Å². The lowest BCUT2D eigenvalue weighted by molar-refractivity contribution is 0.467. The Labute approximate surface area is 149 Å². The van der Waals surface area contributed by atoms with E-state index in [1.807, 2.05) is 48.1 Å². The number of rotatable bonds is 1. The van der Waals surface area contributed by atoms with Gasteiger partial charge in [-0.15, -0.1) is 0 Å². The van der Waals surface area contributed by atoms with Gasteiger partial charge in [0.1, 0.15) is 11.6 Å². The molecule has 0 amide bonds. The van der Waals surface area contributed by atoms with Crippen LogP contribution in [0.4, 0.5) is 10.1 Å². The van der Waals surface area contributed by atoms with Gasteiger partial charge in [-0.2, -0.15) is 5.10 Å².